The molecule has 1 fully saturated rings. The van der Waals surface area contributed by atoms with E-state index >= 15 is 0 Å². The second kappa shape index (κ2) is 7.03. The minimum Gasteiger partial charge on any atom is -0.497 e. The van der Waals surface area contributed by atoms with Crippen molar-refractivity contribution in [1.82, 2.24) is 25.0 Å². The zero-order chi connectivity index (χ0) is 22.6. The summed E-state index contributed by atoms with van der Waals surface area (Å²) in [6.45, 7) is 3.54. The Morgan fingerprint density at radius 1 is 1.00 bits per heavy atom. The zero-order valence-electron chi connectivity index (χ0n) is 17.5. The molecule has 3 heterocycles. The predicted molar refractivity (Wildman–Crippen MR) is 106 cm³/mol. The molecule has 11 heteroatoms. The Morgan fingerprint density at radius 3 is 2.16 bits per heavy atom. The van der Waals surface area contributed by atoms with E-state index in [0.717, 1.165) is 10.5 Å². The smallest absolute Gasteiger partial charge is 0.329 e. The van der Waals surface area contributed by atoms with E-state index < -0.39 is 30.3 Å². The number of anilines is 1. The largest absolute Gasteiger partial charge is 0.497 e. The van der Waals surface area contributed by atoms with Gasteiger partial charge < -0.3 is 9.64 Å². The zero-order valence-corrected chi connectivity index (χ0v) is 17.5. The molecule has 0 saturated carbocycles. The van der Waals surface area contributed by atoms with Crippen LogP contribution in [-0.2, 0) is 12.0 Å². The summed E-state index contributed by atoms with van der Waals surface area (Å²) in [6, 6.07) is 7.29. The lowest BCUT2D eigenvalue weighted by molar-refractivity contribution is -0.172. The average molecular weight is 438 g/mol. The topological polar surface area (TPSA) is 69.0 Å². The molecule has 0 bridgehead atoms. The Morgan fingerprint density at radius 2 is 1.61 bits per heavy atom. The van der Waals surface area contributed by atoms with Crippen molar-refractivity contribution in [2.45, 2.75) is 44.6 Å². The molecule has 3 aromatic rings. The van der Waals surface area contributed by atoms with Gasteiger partial charge in [-0.1, -0.05) is 38.1 Å². The van der Waals surface area contributed by atoms with Gasteiger partial charge in [-0.25, -0.2) is 14.6 Å². The maximum Gasteiger partial charge on any atom is 0.329 e. The fraction of sp³-hybridized carbons (Fsp3) is 0.500. The highest BCUT2D eigenvalue weighted by molar-refractivity contribution is 5.83. The summed E-state index contributed by atoms with van der Waals surface area (Å²) in [7, 11) is 1.57. The van der Waals surface area contributed by atoms with Gasteiger partial charge in [0.1, 0.15) is 11.6 Å². The summed E-state index contributed by atoms with van der Waals surface area (Å²) < 4.78 is 62.1. The molecule has 0 unspecified atom stereocenters. The molecule has 0 amide bonds. The number of halogens is 4. The number of nitrogens with zero attached hydrogens (tertiary/aromatic N) is 6. The van der Waals surface area contributed by atoms with Crippen molar-refractivity contribution >= 4 is 17.0 Å². The van der Waals surface area contributed by atoms with Crippen LogP contribution in [0.4, 0.5) is 23.4 Å². The molecule has 0 N–H and O–H groups in total. The third kappa shape index (κ3) is 3.77. The minimum absolute atomic E-state index is 0.0623. The van der Waals surface area contributed by atoms with Gasteiger partial charge in [-0.15, -0.1) is 5.10 Å². The first-order valence-corrected chi connectivity index (χ1v) is 9.66. The van der Waals surface area contributed by atoms with E-state index in [2.05, 4.69) is 20.3 Å². The lowest BCUT2D eigenvalue weighted by Crippen LogP contribution is -2.38. The molecule has 0 atom stereocenters. The monoisotopic (exact) mass is 438 g/mol. The highest BCUT2D eigenvalue weighted by Crippen LogP contribution is 2.43. The van der Waals surface area contributed by atoms with Crippen LogP contribution < -0.4 is 9.64 Å². The standard InChI is InChI=1S/C20H22F4N6O/c1-18(2,3)17-25-15(29-10-19(21,22)20(23,24)11-29)14-16(26-17)30(28-27-14)9-12-5-7-13(31-4)8-6-12/h5-8H,9-11H2,1-4H3. The molecule has 2 aromatic heterocycles. The van der Waals surface area contributed by atoms with E-state index in [1.165, 1.54) is 4.68 Å². The number of rotatable bonds is 4. The second-order valence-electron chi connectivity index (χ2n) is 8.65. The van der Waals surface area contributed by atoms with E-state index in [1.807, 2.05) is 32.9 Å². The third-order valence-electron chi connectivity index (χ3n) is 5.12. The maximum absolute atomic E-state index is 13.9. The number of methoxy groups -OCH3 is 1. The molecule has 0 aliphatic carbocycles. The second-order valence-corrected chi connectivity index (χ2v) is 8.65. The van der Waals surface area contributed by atoms with Gasteiger partial charge in [0.15, 0.2) is 17.0 Å². The molecule has 1 saturated heterocycles. The van der Waals surface area contributed by atoms with Crippen LogP contribution in [0.3, 0.4) is 0 Å². The Hall–Kier alpha value is -2.98. The van der Waals surface area contributed by atoms with Crippen molar-refractivity contribution in [1.29, 1.82) is 0 Å². The van der Waals surface area contributed by atoms with Crippen molar-refractivity contribution in [2.24, 2.45) is 0 Å². The van der Waals surface area contributed by atoms with Gasteiger partial charge in [0.05, 0.1) is 26.7 Å². The molecule has 1 aliphatic rings. The normalized spacial score (nSPS) is 18.0. The Bertz CT molecular complexity index is 1090. The molecule has 0 radical (unpaired) electrons. The molecule has 1 aliphatic heterocycles. The number of fused-ring (bicyclic) bond motifs is 1. The van der Waals surface area contributed by atoms with Crippen LogP contribution in [0.1, 0.15) is 32.2 Å². The van der Waals surface area contributed by atoms with Crippen molar-refractivity contribution < 1.29 is 22.3 Å². The van der Waals surface area contributed by atoms with Gasteiger partial charge >= 0.3 is 11.8 Å². The van der Waals surface area contributed by atoms with E-state index in [9.17, 15) is 17.6 Å². The Labute approximate surface area is 176 Å². The molecule has 1 aromatic carbocycles. The fourth-order valence-electron chi connectivity index (χ4n) is 3.32. The van der Waals surface area contributed by atoms with E-state index in [4.69, 9.17) is 4.74 Å². The Balaban J connectivity index is 1.80. The highest BCUT2D eigenvalue weighted by atomic mass is 19.3. The first-order valence-electron chi connectivity index (χ1n) is 9.66. The lowest BCUT2D eigenvalue weighted by atomic mass is 9.96. The van der Waals surface area contributed by atoms with Crippen molar-refractivity contribution in [2.75, 3.05) is 25.1 Å². The molecule has 7 nitrogen and oxygen atoms in total. The van der Waals surface area contributed by atoms with E-state index in [-0.39, 0.29) is 11.3 Å². The van der Waals surface area contributed by atoms with Crippen LogP contribution in [0.2, 0.25) is 0 Å². The molecule has 0 spiro atoms. The van der Waals surface area contributed by atoms with Gasteiger partial charge in [0.2, 0.25) is 0 Å². The number of aromatic nitrogens is 5. The molecular formula is C20H22F4N6O. The van der Waals surface area contributed by atoms with Crippen molar-refractivity contribution in [3.63, 3.8) is 0 Å². The summed E-state index contributed by atoms with van der Waals surface area (Å²) in [4.78, 5) is 9.75. The number of alkyl halides is 4. The maximum atomic E-state index is 13.9. The van der Waals surface area contributed by atoms with E-state index in [1.54, 1.807) is 19.2 Å². The van der Waals surface area contributed by atoms with Crippen LogP contribution in [0.15, 0.2) is 24.3 Å². The first-order chi connectivity index (χ1) is 14.4. The summed E-state index contributed by atoms with van der Waals surface area (Å²) in [6.07, 6.45) is 0. The van der Waals surface area contributed by atoms with E-state index in [0.29, 0.717) is 23.8 Å². The fourth-order valence-corrected chi connectivity index (χ4v) is 3.32. The highest BCUT2D eigenvalue weighted by Gasteiger charge is 2.63. The first kappa shape index (κ1) is 21.3. The van der Waals surface area contributed by atoms with Gasteiger partial charge in [-0.2, -0.15) is 17.6 Å². The Kier molecular flexibility index (Phi) is 4.82. The van der Waals surface area contributed by atoms with Crippen LogP contribution in [0, 0.1) is 0 Å². The summed E-state index contributed by atoms with van der Waals surface area (Å²) in [5, 5.41) is 8.14. The molecular weight excluding hydrogens is 416 g/mol. The average Bonchev–Trinajstić information content (AvgIpc) is 3.18. The number of hydrogen-bond acceptors (Lipinski definition) is 6. The molecule has 166 valence electrons. The van der Waals surface area contributed by atoms with Crippen LogP contribution >= 0.6 is 0 Å². The van der Waals surface area contributed by atoms with Crippen LogP contribution in [-0.4, -0.2) is 57.0 Å². The SMILES string of the molecule is COc1ccc(Cn2nnc3c(N4CC(F)(F)C(F)(F)C4)nc(C(C)(C)C)nc32)cc1. The molecule has 31 heavy (non-hydrogen) atoms. The number of ether oxygens (including phenoxy) is 1. The van der Waals surface area contributed by atoms with Crippen LogP contribution in [0.5, 0.6) is 5.75 Å². The van der Waals surface area contributed by atoms with Crippen molar-refractivity contribution in [3.05, 3.63) is 35.7 Å². The summed E-state index contributed by atoms with van der Waals surface area (Å²) in [5.74, 6) is -7.36. The number of benzene rings is 1. The minimum atomic E-state index is -4.16. The molecule has 4 rings (SSSR count). The third-order valence-corrected chi connectivity index (χ3v) is 5.12. The van der Waals surface area contributed by atoms with Gasteiger partial charge in [0.25, 0.3) is 0 Å². The quantitative estimate of drug-likeness (QED) is 0.579. The van der Waals surface area contributed by atoms with Crippen LogP contribution in [0.25, 0.3) is 11.2 Å². The lowest BCUT2D eigenvalue weighted by Gasteiger charge is -2.21. The number of hydrogen-bond donors (Lipinski definition) is 0. The summed E-state index contributed by atoms with van der Waals surface area (Å²) >= 11 is 0. The van der Waals surface area contributed by atoms with Gasteiger partial charge in [0, 0.05) is 5.41 Å². The van der Waals surface area contributed by atoms with Gasteiger partial charge in [-0.3, -0.25) is 0 Å². The predicted octanol–water partition coefficient (Wildman–Crippen LogP) is 3.67. The van der Waals surface area contributed by atoms with Gasteiger partial charge in [-0.05, 0) is 17.7 Å². The van der Waals surface area contributed by atoms with Crippen molar-refractivity contribution in [3.8, 4) is 5.75 Å². The summed E-state index contributed by atoms with van der Waals surface area (Å²) in [5.41, 5.74) is 0.728.